The van der Waals surface area contributed by atoms with Gasteiger partial charge in [-0.15, -0.1) is 0 Å². The number of hydrogen-bond acceptors (Lipinski definition) is 4. The van der Waals surface area contributed by atoms with E-state index in [0.717, 1.165) is 17.9 Å². The van der Waals surface area contributed by atoms with Gasteiger partial charge in [0.25, 0.3) is 5.91 Å². The average molecular weight is 294 g/mol. The van der Waals surface area contributed by atoms with Gasteiger partial charge in [-0.05, 0) is 12.0 Å². The monoisotopic (exact) mass is 294 g/mol. The first-order valence-corrected chi connectivity index (χ1v) is 7.30. The molecule has 0 aromatic heterocycles. The molecule has 0 saturated heterocycles. The Labute approximate surface area is 127 Å². The molecule has 1 aromatic rings. The zero-order chi connectivity index (χ0) is 15.5. The standard InChI is InChI=1S/C16H26N2O3/c1-13(2)10-18-16(19)12-21-15-7-5-4-6-14(15)11-17-8-9-20-3/h4-7,13,17H,8-12H2,1-3H3,(H,18,19). The zero-order valence-electron chi connectivity index (χ0n) is 13.1. The minimum atomic E-state index is -0.0918. The summed E-state index contributed by atoms with van der Waals surface area (Å²) in [6.07, 6.45) is 0. The summed E-state index contributed by atoms with van der Waals surface area (Å²) in [5, 5.41) is 6.10. The van der Waals surface area contributed by atoms with Gasteiger partial charge in [0.05, 0.1) is 6.61 Å². The summed E-state index contributed by atoms with van der Waals surface area (Å²) in [7, 11) is 1.68. The van der Waals surface area contributed by atoms with Crippen LogP contribution in [0.3, 0.4) is 0 Å². The minimum absolute atomic E-state index is 0.0435. The van der Waals surface area contributed by atoms with E-state index in [1.165, 1.54) is 0 Å². The number of ether oxygens (including phenoxy) is 2. The number of methoxy groups -OCH3 is 1. The Morgan fingerprint density at radius 3 is 2.76 bits per heavy atom. The molecule has 5 nitrogen and oxygen atoms in total. The van der Waals surface area contributed by atoms with Crippen LogP contribution in [0.25, 0.3) is 0 Å². The molecule has 0 aliphatic rings. The Balaban J connectivity index is 2.41. The van der Waals surface area contributed by atoms with Crippen molar-refractivity contribution in [1.29, 1.82) is 0 Å². The number of benzene rings is 1. The molecule has 2 N–H and O–H groups in total. The molecule has 5 heteroatoms. The Kier molecular flexibility index (Phi) is 8.47. The number of carbonyl (C=O) groups excluding carboxylic acids is 1. The summed E-state index contributed by atoms with van der Waals surface area (Å²) in [5.74, 6) is 1.08. The molecule has 1 amide bonds. The van der Waals surface area contributed by atoms with E-state index in [2.05, 4.69) is 24.5 Å². The van der Waals surface area contributed by atoms with E-state index in [4.69, 9.17) is 9.47 Å². The molecule has 0 bridgehead atoms. The highest BCUT2D eigenvalue weighted by molar-refractivity contribution is 5.77. The highest BCUT2D eigenvalue weighted by atomic mass is 16.5. The fourth-order valence-corrected chi connectivity index (χ4v) is 1.70. The van der Waals surface area contributed by atoms with Gasteiger partial charge in [-0.2, -0.15) is 0 Å². The predicted molar refractivity (Wildman–Crippen MR) is 83.4 cm³/mol. The molecular formula is C16H26N2O3. The van der Waals surface area contributed by atoms with Crippen molar-refractivity contribution in [2.24, 2.45) is 5.92 Å². The van der Waals surface area contributed by atoms with E-state index in [-0.39, 0.29) is 12.5 Å². The van der Waals surface area contributed by atoms with Gasteiger partial charge in [-0.25, -0.2) is 0 Å². The van der Waals surface area contributed by atoms with E-state index in [1.54, 1.807) is 7.11 Å². The maximum atomic E-state index is 11.7. The van der Waals surface area contributed by atoms with Gasteiger partial charge in [-0.3, -0.25) is 4.79 Å². The molecule has 21 heavy (non-hydrogen) atoms. The lowest BCUT2D eigenvalue weighted by Crippen LogP contribution is -2.32. The van der Waals surface area contributed by atoms with Crippen LogP contribution < -0.4 is 15.4 Å². The molecule has 0 saturated carbocycles. The van der Waals surface area contributed by atoms with Crippen LogP contribution in [-0.4, -0.2) is 39.3 Å². The molecule has 1 aromatic carbocycles. The lowest BCUT2D eigenvalue weighted by Gasteiger charge is -2.13. The van der Waals surface area contributed by atoms with Gasteiger partial charge < -0.3 is 20.1 Å². The van der Waals surface area contributed by atoms with Gasteiger partial charge in [-0.1, -0.05) is 32.0 Å². The first kappa shape index (κ1) is 17.5. The number of hydrogen-bond donors (Lipinski definition) is 2. The van der Waals surface area contributed by atoms with Crippen molar-refractivity contribution in [2.45, 2.75) is 20.4 Å². The highest BCUT2D eigenvalue weighted by Crippen LogP contribution is 2.17. The van der Waals surface area contributed by atoms with Crippen LogP contribution in [0.15, 0.2) is 24.3 Å². The fourth-order valence-electron chi connectivity index (χ4n) is 1.70. The number of rotatable bonds is 10. The lowest BCUT2D eigenvalue weighted by atomic mass is 10.2. The van der Waals surface area contributed by atoms with Crippen LogP contribution in [0, 0.1) is 5.92 Å². The summed E-state index contributed by atoms with van der Waals surface area (Å²) in [5.41, 5.74) is 1.03. The van der Waals surface area contributed by atoms with Gasteiger partial charge in [0.1, 0.15) is 5.75 Å². The average Bonchev–Trinajstić information content (AvgIpc) is 2.48. The summed E-state index contributed by atoms with van der Waals surface area (Å²) < 4.78 is 10.6. The van der Waals surface area contributed by atoms with E-state index in [9.17, 15) is 4.79 Å². The molecule has 0 fully saturated rings. The molecule has 1 rings (SSSR count). The second-order valence-electron chi connectivity index (χ2n) is 5.26. The van der Waals surface area contributed by atoms with E-state index in [0.29, 0.717) is 25.6 Å². The Hall–Kier alpha value is -1.59. The third-order valence-corrected chi connectivity index (χ3v) is 2.84. The molecule has 0 aliphatic heterocycles. The van der Waals surface area contributed by atoms with Gasteiger partial charge in [0.2, 0.25) is 0 Å². The largest absolute Gasteiger partial charge is 0.483 e. The minimum Gasteiger partial charge on any atom is -0.483 e. The second kappa shape index (κ2) is 10.2. The summed E-state index contributed by atoms with van der Waals surface area (Å²) >= 11 is 0. The Morgan fingerprint density at radius 1 is 1.29 bits per heavy atom. The topological polar surface area (TPSA) is 59.6 Å². The van der Waals surface area contributed by atoms with Crippen LogP contribution in [0.5, 0.6) is 5.75 Å². The number of para-hydroxylation sites is 1. The normalized spacial score (nSPS) is 10.7. The van der Waals surface area contributed by atoms with Crippen LogP contribution in [0.4, 0.5) is 0 Å². The quantitative estimate of drug-likeness (QED) is 0.643. The smallest absolute Gasteiger partial charge is 0.257 e. The molecule has 0 aliphatic carbocycles. The third-order valence-electron chi connectivity index (χ3n) is 2.84. The fraction of sp³-hybridized carbons (Fsp3) is 0.562. The summed E-state index contributed by atoms with van der Waals surface area (Å²) in [6.45, 7) is 6.96. The maximum Gasteiger partial charge on any atom is 0.257 e. The molecule has 0 heterocycles. The first-order valence-electron chi connectivity index (χ1n) is 7.30. The Morgan fingerprint density at radius 2 is 2.05 bits per heavy atom. The van der Waals surface area contributed by atoms with Gasteiger partial charge in [0.15, 0.2) is 6.61 Å². The molecule has 0 spiro atoms. The van der Waals surface area contributed by atoms with Crippen LogP contribution in [0.2, 0.25) is 0 Å². The predicted octanol–water partition coefficient (Wildman–Crippen LogP) is 1.57. The zero-order valence-corrected chi connectivity index (χ0v) is 13.1. The molecule has 0 radical (unpaired) electrons. The van der Waals surface area contributed by atoms with Gasteiger partial charge >= 0.3 is 0 Å². The van der Waals surface area contributed by atoms with E-state index in [1.807, 2.05) is 24.3 Å². The van der Waals surface area contributed by atoms with E-state index < -0.39 is 0 Å². The highest BCUT2D eigenvalue weighted by Gasteiger charge is 2.06. The number of nitrogens with one attached hydrogen (secondary N) is 2. The van der Waals surface area contributed by atoms with Crippen LogP contribution in [-0.2, 0) is 16.1 Å². The summed E-state index contributed by atoms with van der Waals surface area (Å²) in [6, 6.07) is 7.73. The van der Waals surface area contributed by atoms with E-state index >= 15 is 0 Å². The molecule has 118 valence electrons. The molecule has 0 unspecified atom stereocenters. The van der Waals surface area contributed by atoms with Crippen molar-refractivity contribution < 1.29 is 14.3 Å². The summed E-state index contributed by atoms with van der Waals surface area (Å²) in [4.78, 5) is 11.7. The van der Waals surface area contributed by atoms with Gasteiger partial charge in [0, 0.05) is 32.3 Å². The lowest BCUT2D eigenvalue weighted by molar-refractivity contribution is -0.123. The first-order chi connectivity index (χ1) is 10.1. The number of amides is 1. The van der Waals surface area contributed by atoms with Crippen molar-refractivity contribution in [3.8, 4) is 5.75 Å². The molecular weight excluding hydrogens is 268 g/mol. The van der Waals surface area contributed by atoms with Crippen molar-refractivity contribution in [2.75, 3.05) is 33.4 Å². The SMILES string of the molecule is COCCNCc1ccccc1OCC(=O)NCC(C)C. The Bertz CT molecular complexity index is 422. The second-order valence-corrected chi connectivity index (χ2v) is 5.26. The van der Waals surface area contributed by atoms with Crippen molar-refractivity contribution in [3.05, 3.63) is 29.8 Å². The third kappa shape index (κ3) is 7.68. The van der Waals surface area contributed by atoms with Crippen molar-refractivity contribution in [1.82, 2.24) is 10.6 Å². The van der Waals surface area contributed by atoms with Crippen molar-refractivity contribution in [3.63, 3.8) is 0 Å². The maximum absolute atomic E-state index is 11.7. The molecule has 0 atom stereocenters. The van der Waals surface area contributed by atoms with Crippen LogP contribution in [0.1, 0.15) is 19.4 Å². The van der Waals surface area contributed by atoms with Crippen LogP contribution >= 0.6 is 0 Å². The van der Waals surface area contributed by atoms with Crippen molar-refractivity contribution >= 4 is 5.91 Å². The number of carbonyl (C=O) groups is 1.